The zero-order valence-corrected chi connectivity index (χ0v) is 11.6. The van der Waals surface area contributed by atoms with E-state index in [1.165, 1.54) is 38.5 Å². The minimum absolute atomic E-state index is 0.485. The van der Waals surface area contributed by atoms with Crippen LogP contribution in [0.3, 0.4) is 0 Å². The summed E-state index contributed by atoms with van der Waals surface area (Å²) in [4.78, 5) is 0. The predicted molar refractivity (Wildman–Crippen MR) is 71.4 cm³/mol. The van der Waals surface area contributed by atoms with Crippen LogP contribution in [-0.4, -0.2) is 0 Å². The smallest absolute Gasteiger partial charge is 0.0149 e. The fraction of sp³-hybridized carbons (Fsp3) is 0.875. The van der Waals surface area contributed by atoms with Crippen molar-refractivity contribution >= 4 is 0 Å². The summed E-state index contributed by atoms with van der Waals surface area (Å²) in [5, 5.41) is 0. The van der Waals surface area contributed by atoms with Gasteiger partial charge in [0.1, 0.15) is 0 Å². The van der Waals surface area contributed by atoms with Crippen LogP contribution in [0.2, 0.25) is 0 Å². The maximum absolute atomic E-state index is 4.36. The molecule has 2 rings (SSSR count). The standard InChI is InChI=1S/C16H28/c1-12-7-6-9-16(5)10-8-13(11-14(12)16)15(2,3)4/h13-14H,1,6-11H2,2-5H3/t13?,14?,16-/m0/s1. The summed E-state index contributed by atoms with van der Waals surface area (Å²) in [6.45, 7) is 14.1. The molecule has 2 fully saturated rings. The zero-order chi connectivity index (χ0) is 12.0. The molecule has 2 saturated carbocycles. The second-order valence-corrected chi connectivity index (χ2v) is 7.56. The fourth-order valence-corrected chi connectivity index (χ4v) is 4.00. The average Bonchev–Trinajstić information content (AvgIpc) is 2.15. The molecule has 3 atom stereocenters. The van der Waals surface area contributed by atoms with Crippen LogP contribution in [0, 0.1) is 22.7 Å². The van der Waals surface area contributed by atoms with Gasteiger partial charge in [-0.2, -0.15) is 0 Å². The normalized spacial score (nSPS) is 40.6. The molecule has 16 heavy (non-hydrogen) atoms. The molecule has 92 valence electrons. The first-order valence-corrected chi connectivity index (χ1v) is 7.00. The Bertz CT molecular complexity index is 281. The highest BCUT2D eigenvalue weighted by Gasteiger charge is 2.45. The van der Waals surface area contributed by atoms with Gasteiger partial charge in [0.05, 0.1) is 0 Å². The van der Waals surface area contributed by atoms with Crippen molar-refractivity contribution in [1.82, 2.24) is 0 Å². The third-order valence-corrected chi connectivity index (χ3v) is 5.39. The van der Waals surface area contributed by atoms with Gasteiger partial charge in [0.2, 0.25) is 0 Å². The molecule has 0 aromatic rings. The van der Waals surface area contributed by atoms with Crippen molar-refractivity contribution in [1.29, 1.82) is 0 Å². The van der Waals surface area contributed by atoms with E-state index in [2.05, 4.69) is 34.3 Å². The Kier molecular flexibility index (Phi) is 2.97. The first-order valence-electron chi connectivity index (χ1n) is 7.00. The quantitative estimate of drug-likeness (QED) is 0.492. The summed E-state index contributed by atoms with van der Waals surface area (Å²) in [7, 11) is 0. The lowest BCUT2D eigenvalue weighted by molar-refractivity contribution is 0.0332. The van der Waals surface area contributed by atoms with E-state index in [0.717, 1.165) is 11.8 Å². The first kappa shape index (κ1) is 12.2. The monoisotopic (exact) mass is 220 g/mol. The molecule has 2 unspecified atom stereocenters. The van der Waals surface area contributed by atoms with Gasteiger partial charge in [-0.15, -0.1) is 0 Å². The maximum atomic E-state index is 4.36. The van der Waals surface area contributed by atoms with E-state index in [9.17, 15) is 0 Å². The summed E-state index contributed by atoms with van der Waals surface area (Å²) in [6.07, 6.45) is 8.37. The molecule has 0 spiro atoms. The van der Waals surface area contributed by atoms with Crippen LogP contribution in [0.25, 0.3) is 0 Å². The lowest BCUT2D eigenvalue weighted by atomic mass is 9.54. The van der Waals surface area contributed by atoms with Crippen LogP contribution in [-0.2, 0) is 0 Å². The lowest BCUT2D eigenvalue weighted by Gasteiger charge is -2.51. The molecule has 0 nitrogen and oxygen atoms in total. The first-order chi connectivity index (χ1) is 7.33. The molecule has 0 saturated heterocycles. The van der Waals surface area contributed by atoms with E-state index in [4.69, 9.17) is 0 Å². The fourth-order valence-electron chi connectivity index (χ4n) is 4.00. The van der Waals surface area contributed by atoms with Crippen LogP contribution in [0.1, 0.15) is 66.2 Å². The van der Waals surface area contributed by atoms with Crippen molar-refractivity contribution in [3.8, 4) is 0 Å². The minimum atomic E-state index is 0.485. The Hall–Kier alpha value is -0.260. The lowest BCUT2D eigenvalue weighted by Crippen LogP contribution is -2.40. The van der Waals surface area contributed by atoms with Crippen LogP contribution in [0.15, 0.2) is 12.2 Å². The largest absolute Gasteiger partial charge is 0.0996 e. The SMILES string of the molecule is C=C1CCC[C@@]2(C)CCC(C(C)(C)C)CC12. The number of rotatable bonds is 0. The van der Waals surface area contributed by atoms with Gasteiger partial charge in [0.25, 0.3) is 0 Å². The number of hydrogen-bond donors (Lipinski definition) is 0. The van der Waals surface area contributed by atoms with E-state index in [-0.39, 0.29) is 0 Å². The van der Waals surface area contributed by atoms with Crippen LogP contribution in [0.4, 0.5) is 0 Å². The molecule has 0 aliphatic heterocycles. The summed E-state index contributed by atoms with van der Waals surface area (Å²) in [6, 6.07) is 0. The van der Waals surface area contributed by atoms with Gasteiger partial charge in [-0.05, 0) is 61.2 Å². The van der Waals surface area contributed by atoms with Crippen LogP contribution >= 0.6 is 0 Å². The van der Waals surface area contributed by atoms with Gasteiger partial charge in [0.15, 0.2) is 0 Å². The van der Waals surface area contributed by atoms with Crippen LogP contribution in [0.5, 0.6) is 0 Å². The molecule has 0 amide bonds. The molecule has 0 N–H and O–H groups in total. The van der Waals surface area contributed by atoms with Crippen molar-refractivity contribution in [2.75, 3.05) is 0 Å². The number of hydrogen-bond acceptors (Lipinski definition) is 0. The van der Waals surface area contributed by atoms with Gasteiger partial charge < -0.3 is 0 Å². The topological polar surface area (TPSA) is 0 Å². The highest BCUT2D eigenvalue weighted by molar-refractivity contribution is 5.12. The number of fused-ring (bicyclic) bond motifs is 1. The van der Waals surface area contributed by atoms with Crippen molar-refractivity contribution in [2.45, 2.75) is 66.2 Å². The molecule has 0 aromatic heterocycles. The molecular weight excluding hydrogens is 192 g/mol. The summed E-state index contributed by atoms with van der Waals surface area (Å²) >= 11 is 0. The number of allylic oxidation sites excluding steroid dienone is 1. The highest BCUT2D eigenvalue weighted by Crippen LogP contribution is 2.55. The Morgan fingerprint density at radius 1 is 1.25 bits per heavy atom. The Morgan fingerprint density at radius 2 is 1.94 bits per heavy atom. The van der Waals surface area contributed by atoms with Gasteiger partial charge >= 0.3 is 0 Å². The van der Waals surface area contributed by atoms with Gasteiger partial charge in [-0.3, -0.25) is 0 Å². The average molecular weight is 220 g/mol. The van der Waals surface area contributed by atoms with E-state index in [1.807, 2.05) is 0 Å². The molecule has 2 aliphatic rings. The third kappa shape index (κ3) is 2.08. The summed E-state index contributed by atoms with van der Waals surface area (Å²) < 4.78 is 0. The summed E-state index contributed by atoms with van der Waals surface area (Å²) in [5.41, 5.74) is 2.64. The van der Waals surface area contributed by atoms with E-state index < -0.39 is 0 Å². The Balaban J connectivity index is 2.15. The van der Waals surface area contributed by atoms with E-state index in [1.54, 1.807) is 5.57 Å². The Morgan fingerprint density at radius 3 is 2.56 bits per heavy atom. The molecule has 0 heteroatoms. The predicted octanol–water partition coefficient (Wildman–Crippen LogP) is 5.20. The van der Waals surface area contributed by atoms with Crippen LogP contribution < -0.4 is 0 Å². The molecule has 2 aliphatic carbocycles. The molecule has 0 aromatic carbocycles. The molecular formula is C16H28. The maximum Gasteiger partial charge on any atom is -0.0149 e. The highest BCUT2D eigenvalue weighted by atomic mass is 14.5. The van der Waals surface area contributed by atoms with Crippen molar-refractivity contribution < 1.29 is 0 Å². The van der Waals surface area contributed by atoms with Gasteiger partial charge in [-0.25, -0.2) is 0 Å². The van der Waals surface area contributed by atoms with Gasteiger partial charge in [0, 0.05) is 0 Å². The van der Waals surface area contributed by atoms with E-state index in [0.29, 0.717) is 10.8 Å². The van der Waals surface area contributed by atoms with E-state index >= 15 is 0 Å². The van der Waals surface area contributed by atoms with Crippen molar-refractivity contribution in [3.05, 3.63) is 12.2 Å². The summed E-state index contributed by atoms with van der Waals surface area (Å²) in [5.74, 6) is 1.72. The third-order valence-electron chi connectivity index (χ3n) is 5.39. The zero-order valence-electron chi connectivity index (χ0n) is 11.6. The second kappa shape index (κ2) is 3.89. The molecule has 0 bridgehead atoms. The molecule has 0 heterocycles. The van der Waals surface area contributed by atoms with Crippen molar-refractivity contribution in [2.24, 2.45) is 22.7 Å². The minimum Gasteiger partial charge on any atom is -0.0996 e. The second-order valence-electron chi connectivity index (χ2n) is 7.56. The molecule has 0 radical (unpaired) electrons. The van der Waals surface area contributed by atoms with Gasteiger partial charge in [-0.1, -0.05) is 39.8 Å². The Labute approximate surface area is 102 Å². The van der Waals surface area contributed by atoms with Crippen molar-refractivity contribution in [3.63, 3.8) is 0 Å².